The number of halogens is 1. The van der Waals surface area contributed by atoms with Gasteiger partial charge in [0.05, 0.1) is 0 Å². The molecule has 0 aliphatic heterocycles. The van der Waals surface area contributed by atoms with Gasteiger partial charge in [0, 0.05) is 21.5 Å². The first-order chi connectivity index (χ1) is 10.3. The van der Waals surface area contributed by atoms with Gasteiger partial charge < -0.3 is 0 Å². The molecule has 0 aliphatic carbocycles. The molecule has 4 aromatic rings. The highest BCUT2D eigenvalue weighted by molar-refractivity contribution is 14.1. The molecule has 0 aromatic carbocycles. The molecule has 4 aromatic heterocycles. The summed E-state index contributed by atoms with van der Waals surface area (Å²) in [6, 6.07) is 7.40. The van der Waals surface area contributed by atoms with E-state index in [0.29, 0.717) is 5.56 Å². The Hall–Kier alpha value is -2.36. The molecule has 4 heterocycles. The van der Waals surface area contributed by atoms with Crippen molar-refractivity contribution in [1.29, 1.82) is 0 Å². The Labute approximate surface area is 132 Å². The van der Waals surface area contributed by atoms with E-state index in [1.165, 1.54) is 6.33 Å². The van der Waals surface area contributed by atoms with Crippen LogP contribution in [0.15, 0.2) is 49.3 Å². The fourth-order valence-electron chi connectivity index (χ4n) is 1.69. The predicted molar refractivity (Wildman–Crippen MR) is 84.1 cm³/mol. The van der Waals surface area contributed by atoms with E-state index in [2.05, 4.69) is 42.8 Å². The lowest BCUT2D eigenvalue weighted by Gasteiger charge is -1.90. The SMILES string of the molecule is Ic1ccc2ncnn2c1.O=Cc1ccc2ncnn2c1. The molecule has 0 bridgehead atoms. The van der Waals surface area contributed by atoms with E-state index < -0.39 is 0 Å². The summed E-state index contributed by atoms with van der Waals surface area (Å²) >= 11 is 2.24. The average Bonchev–Trinajstić information content (AvgIpc) is 3.15. The first kappa shape index (κ1) is 13.6. The molecule has 7 nitrogen and oxygen atoms in total. The van der Waals surface area contributed by atoms with Crippen LogP contribution in [0.4, 0.5) is 0 Å². The number of hydrogen-bond donors (Lipinski definition) is 0. The van der Waals surface area contributed by atoms with E-state index >= 15 is 0 Å². The summed E-state index contributed by atoms with van der Waals surface area (Å²) < 4.78 is 4.47. The summed E-state index contributed by atoms with van der Waals surface area (Å²) in [7, 11) is 0. The van der Waals surface area contributed by atoms with Crippen LogP contribution in [0, 0.1) is 3.57 Å². The standard InChI is InChI=1S/C7H5N3O.C6H4IN3/c11-4-6-1-2-7-8-5-9-10(7)3-6;7-5-1-2-6-8-4-9-10(6)3-5/h1-5H;1-4H. The average molecular weight is 392 g/mol. The largest absolute Gasteiger partial charge is 0.298 e. The maximum absolute atomic E-state index is 10.3. The van der Waals surface area contributed by atoms with E-state index in [0.717, 1.165) is 21.2 Å². The van der Waals surface area contributed by atoms with Crippen molar-refractivity contribution in [2.24, 2.45) is 0 Å². The first-order valence-corrected chi connectivity index (χ1v) is 7.03. The molecule has 0 aliphatic rings. The number of hydrogen-bond acceptors (Lipinski definition) is 5. The molecule has 0 unspecified atom stereocenters. The smallest absolute Gasteiger partial charge is 0.155 e. The van der Waals surface area contributed by atoms with Crippen molar-refractivity contribution in [3.63, 3.8) is 0 Å². The van der Waals surface area contributed by atoms with Crippen molar-refractivity contribution in [2.75, 3.05) is 0 Å². The number of aldehydes is 1. The Balaban J connectivity index is 0.000000126. The molecule has 4 rings (SSSR count). The van der Waals surface area contributed by atoms with Gasteiger partial charge in [-0.1, -0.05) is 0 Å². The van der Waals surface area contributed by atoms with Gasteiger partial charge in [-0.05, 0) is 46.9 Å². The molecule has 0 saturated heterocycles. The Morgan fingerprint density at radius 2 is 1.52 bits per heavy atom. The van der Waals surface area contributed by atoms with E-state index in [4.69, 9.17) is 0 Å². The number of rotatable bonds is 1. The number of nitrogens with zero attached hydrogens (tertiary/aromatic N) is 6. The maximum atomic E-state index is 10.3. The van der Waals surface area contributed by atoms with Crippen LogP contribution < -0.4 is 0 Å². The monoisotopic (exact) mass is 392 g/mol. The number of pyridine rings is 2. The van der Waals surface area contributed by atoms with Crippen LogP contribution in [0.5, 0.6) is 0 Å². The van der Waals surface area contributed by atoms with Gasteiger partial charge in [0.2, 0.25) is 0 Å². The molecule has 21 heavy (non-hydrogen) atoms. The summed E-state index contributed by atoms with van der Waals surface area (Å²) in [6.45, 7) is 0. The minimum absolute atomic E-state index is 0.600. The fraction of sp³-hybridized carbons (Fsp3) is 0. The van der Waals surface area contributed by atoms with E-state index in [1.54, 1.807) is 33.7 Å². The van der Waals surface area contributed by atoms with Crippen LogP contribution in [0.3, 0.4) is 0 Å². The molecular weight excluding hydrogens is 383 g/mol. The van der Waals surface area contributed by atoms with Gasteiger partial charge in [-0.15, -0.1) is 0 Å². The van der Waals surface area contributed by atoms with Crippen LogP contribution >= 0.6 is 22.6 Å². The van der Waals surface area contributed by atoms with E-state index in [9.17, 15) is 4.79 Å². The highest BCUT2D eigenvalue weighted by Gasteiger charge is 1.94. The lowest BCUT2D eigenvalue weighted by atomic mass is 10.3. The number of carbonyl (C=O) groups excluding carboxylic acids is 1. The highest BCUT2D eigenvalue weighted by Crippen LogP contribution is 2.04. The first-order valence-electron chi connectivity index (χ1n) is 5.96. The van der Waals surface area contributed by atoms with Gasteiger partial charge in [-0.2, -0.15) is 10.2 Å². The van der Waals surface area contributed by atoms with Crippen molar-refractivity contribution in [3.05, 3.63) is 58.4 Å². The van der Waals surface area contributed by atoms with Gasteiger partial charge >= 0.3 is 0 Å². The third-order valence-electron chi connectivity index (χ3n) is 2.67. The second-order valence-electron chi connectivity index (χ2n) is 4.05. The lowest BCUT2D eigenvalue weighted by molar-refractivity contribution is 0.112. The van der Waals surface area contributed by atoms with Crippen molar-refractivity contribution in [1.82, 2.24) is 29.2 Å². The maximum Gasteiger partial charge on any atom is 0.155 e. The van der Waals surface area contributed by atoms with Crippen LogP contribution in [0.25, 0.3) is 11.3 Å². The Morgan fingerprint density at radius 1 is 0.905 bits per heavy atom. The van der Waals surface area contributed by atoms with Crippen LogP contribution in [-0.4, -0.2) is 35.5 Å². The van der Waals surface area contributed by atoms with Gasteiger partial charge in [-0.25, -0.2) is 19.0 Å². The second-order valence-corrected chi connectivity index (χ2v) is 5.30. The Bertz CT molecular complexity index is 900. The number of carbonyl (C=O) groups is 1. The molecule has 0 saturated carbocycles. The minimum atomic E-state index is 0.600. The molecule has 0 spiro atoms. The van der Waals surface area contributed by atoms with Crippen LogP contribution in [0.1, 0.15) is 10.4 Å². The zero-order valence-electron chi connectivity index (χ0n) is 10.7. The van der Waals surface area contributed by atoms with Crippen LogP contribution in [0.2, 0.25) is 0 Å². The molecular formula is C13H9IN6O. The second kappa shape index (κ2) is 5.95. The van der Waals surface area contributed by atoms with E-state index in [-0.39, 0.29) is 0 Å². The van der Waals surface area contributed by atoms with Crippen molar-refractivity contribution < 1.29 is 4.79 Å². The Kier molecular flexibility index (Phi) is 3.86. The highest BCUT2D eigenvalue weighted by atomic mass is 127. The van der Waals surface area contributed by atoms with Crippen molar-refractivity contribution in [3.8, 4) is 0 Å². The summed E-state index contributed by atoms with van der Waals surface area (Å²) in [5.74, 6) is 0. The summed E-state index contributed by atoms with van der Waals surface area (Å²) in [4.78, 5) is 18.2. The summed E-state index contributed by atoms with van der Waals surface area (Å²) in [6.07, 6.45) is 7.34. The van der Waals surface area contributed by atoms with Crippen LogP contribution in [-0.2, 0) is 0 Å². The minimum Gasteiger partial charge on any atom is -0.298 e. The van der Waals surface area contributed by atoms with Crippen molar-refractivity contribution in [2.45, 2.75) is 0 Å². The summed E-state index contributed by atoms with van der Waals surface area (Å²) in [5.41, 5.74) is 2.24. The summed E-state index contributed by atoms with van der Waals surface area (Å²) in [5, 5.41) is 7.85. The number of fused-ring (bicyclic) bond motifs is 2. The lowest BCUT2D eigenvalue weighted by Crippen LogP contribution is -1.89. The fourth-order valence-corrected chi connectivity index (χ4v) is 2.14. The topological polar surface area (TPSA) is 77.5 Å². The molecule has 0 radical (unpaired) electrons. The van der Waals surface area contributed by atoms with Crippen molar-refractivity contribution >= 4 is 40.2 Å². The molecule has 0 N–H and O–H groups in total. The third-order valence-corrected chi connectivity index (χ3v) is 3.31. The Morgan fingerprint density at radius 3 is 2.19 bits per heavy atom. The molecule has 0 atom stereocenters. The zero-order valence-corrected chi connectivity index (χ0v) is 12.8. The molecule has 0 amide bonds. The van der Waals surface area contributed by atoms with Gasteiger partial charge in [0.15, 0.2) is 17.6 Å². The molecule has 0 fully saturated rings. The van der Waals surface area contributed by atoms with E-state index in [1.807, 2.05) is 18.3 Å². The van der Waals surface area contributed by atoms with Gasteiger partial charge in [0.1, 0.15) is 12.7 Å². The predicted octanol–water partition coefficient (Wildman–Crippen LogP) is 1.88. The van der Waals surface area contributed by atoms with Gasteiger partial charge in [-0.3, -0.25) is 4.79 Å². The quantitative estimate of drug-likeness (QED) is 0.365. The molecule has 104 valence electrons. The third kappa shape index (κ3) is 3.05. The molecule has 8 heteroatoms. The van der Waals surface area contributed by atoms with Gasteiger partial charge in [0.25, 0.3) is 0 Å². The number of aromatic nitrogens is 6. The normalized spacial score (nSPS) is 10.3. The zero-order chi connectivity index (χ0) is 14.7.